The smallest absolute Gasteiger partial charge is 0.225 e. The summed E-state index contributed by atoms with van der Waals surface area (Å²) in [7, 11) is 0. The Morgan fingerprint density at radius 2 is 1.96 bits per heavy atom. The van der Waals surface area contributed by atoms with E-state index >= 15 is 0 Å². The molecule has 0 fully saturated rings. The van der Waals surface area contributed by atoms with Crippen LogP contribution in [-0.2, 0) is 17.6 Å². The first-order chi connectivity index (χ1) is 12.8. The number of hydrogen-bond acceptors (Lipinski definition) is 5. The Bertz CT molecular complexity index is 801. The van der Waals surface area contributed by atoms with Gasteiger partial charge < -0.3 is 5.32 Å². The number of thioether (sulfide) groups is 1. The molecule has 1 aliphatic rings. The number of aromatic nitrogens is 2. The molecule has 0 saturated heterocycles. The summed E-state index contributed by atoms with van der Waals surface area (Å²) in [5, 5.41) is 13.1. The quantitative estimate of drug-likeness (QED) is 0.805. The summed E-state index contributed by atoms with van der Waals surface area (Å²) in [5.41, 5.74) is 3.73. The van der Waals surface area contributed by atoms with Crippen molar-refractivity contribution in [2.24, 2.45) is 0 Å². The molecule has 0 bridgehead atoms. The van der Waals surface area contributed by atoms with Gasteiger partial charge in [-0.3, -0.25) is 9.78 Å². The number of carbonyl (C=O) groups excluding carboxylic acids is 1. The second-order valence-corrected chi connectivity index (χ2v) is 7.44. The zero-order valence-corrected chi connectivity index (χ0v) is 15.5. The van der Waals surface area contributed by atoms with E-state index in [0.29, 0.717) is 17.7 Å². The maximum atomic E-state index is 12.0. The fraction of sp³-hybridized carbons (Fsp3) is 0.400. The minimum absolute atomic E-state index is 0.0477. The van der Waals surface area contributed by atoms with Crippen LogP contribution in [0.4, 0.5) is 5.69 Å². The van der Waals surface area contributed by atoms with Gasteiger partial charge in [-0.05, 0) is 49.4 Å². The fourth-order valence-electron chi connectivity index (χ4n) is 3.06. The van der Waals surface area contributed by atoms with Gasteiger partial charge in [-0.2, -0.15) is 5.26 Å². The molecule has 0 spiro atoms. The Balaban J connectivity index is 1.61. The molecular formula is C20H22N4OS. The summed E-state index contributed by atoms with van der Waals surface area (Å²) < 4.78 is 0. The molecule has 0 atom stereocenters. The molecule has 1 aliphatic carbocycles. The third-order valence-electron chi connectivity index (χ3n) is 4.42. The van der Waals surface area contributed by atoms with Gasteiger partial charge in [0.15, 0.2) is 0 Å². The van der Waals surface area contributed by atoms with E-state index in [0.717, 1.165) is 35.7 Å². The van der Waals surface area contributed by atoms with E-state index < -0.39 is 0 Å². The number of hydrogen-bond donors (Lipinski definition) is 1. The highest BCUT2D eigenvalue weighted by atomic mass is 32.2. The summed E-state index contributed by atoms with van der Waals surface area (Å²) in [6.45, 7) is 0. The van der Waals surface area contributed by atoms with E-state index in [1.54, 1.807) is 24.5 Å². The second kappa shape index (κ2) is 9.35. The van der Waals surface area contributed by atoms with Crippen LogP contribution in [0, 0.1) is 11.3 Å². The number of anilines is 1. The maximum Gasteiger partial charge on any atom is 0.225 e. The van der Waals surface area contributed by atoms with Crippen LogP contribution in [0.1, 0.15) is 48.9 Å². The molecule has 134 valence electrons. The summed E-state index contributed by atoms with van der Waals surface area (Å²) in [5.74, 6) is 0.547. The molecule has 2 aromatic rings. The van der Waals surface area contributed by atoms with Gasteiger partial charge in [-0.15, -0.1) is 11.8 Å². The van der Waals surface area contributed by atoms with Crippen LogP contribution in [-0.4, -0.2) is 21.6 Å². The maximum absolute atomic E-state index is 12.0. The molecule has 0 saturated carbocycles. The number of amides is 1. The van der Waals surface area contributed by atoms with Crippen molar-refractivity contribution in [3.8, 4) is 6.07 Å². The summed E-state index contributed by atoms with van der Waals surface area (Å²) in [6.07, 6.45) is 10.5. The number of aryl methyl sites for hydroxylation is 2. The number of nitrogens with zero attached hydrogens (tertiary/aromatic N) is 3. The van der Waals surface area contributed by atoms with E-state index in [1.807, 2.05) is 6.07 Å². The Morgan fingerprint density at radius 1 is 1.19 bits per heavy atom. The predicted molar refractivity (Wildman–Crippen MR) is 103 cm³/mol. The van der Waals surface area contributed by atoms with E-state index in [2.05, 4.69) is 16.4 Å². The minimum atomic E-state index is -0.0477. The normalized spacial score (nSPS) is 13.8. The molecule has 5 nitrogen and oxygen atoms in total. The van der Waals surface area contributed by atoms with Gasteiger partial charge in [-0.25, -0.2) is 4.98 Å². The predicted octanol–water partition coefficient (Wildman–Crippen LogP) is 4.13. The van der Waals surface area contributed by atoms with Gasteiger partial charge in [0.05, 0.1) is 5.56 Å². The van der Waals surface area contributed by atoms with Gasteiger partial charge in [0.25, 0.3) is 0 Å². The molecule has 6 heteroatoms. The lowest BCUT2D eigenvalue weighted by Crippen LogP contribution is -2.12. The lowest BCUT2D eigenvalue weighted by atomic mass is 9.96. The highest BCUT2D eigenvalue weighted by Crippen LogP contribution is 2.27. The molecule has 0 aliphatic heterocycles. The van der Waals surface area contributed by atoms with Crippen LogP contribution in [0.25, 0.3) is 0 Å². The SMILES string of the molecule is N#Cc1cc2c(nc1SCCC(=O)Nc1ccncc1)CCCCCC2. The summed E-state index contributed by atoms with van der Waals surface area (Å²) >= 11 is 1.49. The van der Waals surface area contributed by atoms with Gasteiger partial charge in [0.2, 0.25) is 5.91 Å². The zero-order chi connectivity index (χ0) is 18.2. The van der Waals surface area contributed by atoms with Crippen LogP contribution in [0.5, 0.6) is 0 Å². The van der Waals surface area contributed by atoms with Crippen LogP contribution in [0.3, 0.4) is 0 Å². The average molecular weight is 366 g/mol. The van der Waals surface area contributed by atoms with Crippen molar-refractivity contribution in [3.05, 3.63) is 47.4 Å². The molecule has 1 amide bonds. The number of fused-ring (bicyclic) bond motifs is 1. The van der Waals surface area contributed by atoms with Crippen molar-refractivity contribution >= 4 is 23.4 Å². The van der Waals surface area contributed by atoms with Crippen molar-refractivity contribution in [3.63, 3.8) is 0 Å². The highest BCUT2D eigenvalue weighted by Gasteiger charge is 2.14. The second-order valence-electron chi connectivity index (χ2n) is 6.36. The molecular weight excluding hydrogens is 344 g/mol. The topological polar surface area (TPSA) is 78.7 Å². The number of nitrogens with one attached hydrogen (secondary N) is 1. The van der Waals surface area contributed by atoms with Crippen LogP contribution in [0.15, 0.2) is 35.6 Å². The van der Waals surface area contributed by atoms with Gasteiger partial charge >= 0.3 is 0 Å². The van der Waals surface area contributed by atoms with E-state index in [9.17, 15) is 10.1 Å². The first-order valence-electron chi connectivity index (χ1n) is 9.02. The average Bonchev–Trinajstić information content (AvgIpc) is 2.63. The Morgan fingerprint density at radius 3 is 2.73 bits per heavy atom. The van der Waals surface area contributed by atoms with Crippen molar-refractivity contribution < 1.29 is 4.79 Å². The molecule has 2 aromatic heterocycles. The molecule has 0 radical (unpaired) electrons. The van der Waals surface area contributed by atoms with Gasteiger partial charge in [0.1, 0.15) is 11.1 Å². The molecule has 3 rings (SSSR count). The fourth-order valence-corrected chi connectivity index (χ4v) is 3.97. The van der Waals surface area contributed by atoms with Gasteiger partial charge in [0, 0.05) is 35.9 Å². The van der Waals surface area contributed by atoms with Crippen LogP contribution in [0.2, 0.25) is 0 Å². The lowest BCUT2D eigenvalue weighted by Gasteiger charge is -2.15. The lowest BCUT2D eigenvalue weighted by molar-refractivity contribution is -0.115. The largest absolute Gasteiger partial charge is 0.326 e. The van der Waals surface area contributed by atoms with Crippen molar-refractivity contribution in [2.75, 3.05) is 11.1 Å². The Labute approximate surface area is 158 Å². The Hall–Kier alpha value is -2.39. The highest BCUT2D eigenvalue weighted by molar-refractivity contribution is 7.99. The number of rotatable bonds is 5. The molecule has 0 unspecified atom stereocenters. The van der Waals surface area contributed by atoms with Crippen molar-refractivity contribution in [1.82, 2.24) is 9.97 Å². The zero-order valence-electron chi connectivity index (χ0n) is 14.7. The van der Waals surface area contributed by atoms with E-state index in [-0.39, 0.29) is 5.91 Å². The molecule has 2 heterocycles. The van der Waals surface area contributed by atoms with Crippen LogP contribution >= 0.6 is 11.8 Å². The molecule has 26 heavy (non-hydrogen) atoms. The van der Waals surface area contributed by atoms with Crippen LogP contribution < -0.4 is 5.32 Å². The third-order valence-corrected chi connectivity index (χ3v) is 5.41. The van der Waals surface area contributed by atoms with E-state index in [4.69, 9.17) is 4.98 Å². The minimum Gasteiger partial charge on any atom is -0.326 e. The number of pyridine rings is 2. The number of carbonyl (C=O) groups is 1. The number of nitriles is 1. The standard InChI is InChI=1S/C20H22N4OS/c21-14-16-13-15-5-3-1-2-4-6-18(15)24-20(16)26-12-9-19(25)23-17-7-10-22-11-8-17/h7-8,10-11,13H,1-6,9,12H2,(H,22,23,25). The molecule has 0 aromatic carbocycles. The monoisotopic (exact) mass is 366 g/mol. The Kier molecular flexibility index (Phi) is 6.62. The first-order valence-corrected chi connectivity index (χ1v) is 10.0. The molecule has 1 N–H and O–H groups in total. The van der Waals surface area contributed by atoms with Crippen molar-refractivity contribution in [1.29, 1.82) is 5.26 Å². The first kappa shape index (κ1) is 18.4. The summed E-state index contributed by atoms with van der Waals surface area (Å²) in [4.78, 5) is 20.7. The summed E-state index contributed by atoms with van der Waals surface area (Å²) in [6, 6.07) is 7.79. The van der Waals surface area contributed by atoms with E-state index in [1.165, 1.54) is 36.6 Å². The third kappa shape index (κ3) is 5.06. The van der Waals surface area contributed by atoms with Crippen molar-refractivity contribution in [2.45, 2.75) is 50.0 Å². The van der Waals surface area contributed by atoms with Gasteiger partial charge in [-0.1, -0.05) is 12.8 Å².